The Morgan fingerprint density at radius 3 is 2.25 bits per heavy atom. The van der Waals surface area contributed by atoms with Gasteiger partial charge in [-0.15, -0.1) is 0 Å². The normalized spacial score (nSPS) is 12.0. The van der Waals surface area contributed by atoms with E-state index in [1.165, 1.54) is 0 Å². The van der Waals surface area contributed by atoms with Gasteiger partial charge in [0.05, 0.1) is 13.0 Å². The Labute approximate surface area is 94.0 Å². The van der Waals surface area contributed by atoms with Crippen molar-refractivity contribution >= 4 is 17.8 Å². The Bertz CT molecular complexity index is 274. The lowest BCUT2D eigenvalue weighted by atomic mass is 10.1. The Balaban J connectivity index is 4.34. The van der Waals surface area contributed by atoms with Crippen LogP contribution in [0.5, 0.6) is 0 Å². The van der Waals surface area contributed by atoms with Gasteiger partial charge in [0.1, 0.15) is 6.04 Å². The Morgan fingerprint density at radius 1 is 1.31 bits per heavy atom. The third kappa shape index (κ3) is 5.33. The summed E-state index contributed by atoms with van der Waals surface area (Å²) in [5.74, 6) is -2.62. The average molecular weight is 231 g/mol. The van der Waals surface area contributed by atoms with E-state index in [1.54, 1.807) is 20.8 Å². The van der Waals surface area contributed by atoms with E-state index < -0.39 is 23.9 Å². The fourth-order valence-electron chi connectivity index (χ4n) is 0.925. The summed E-state index contributed by atoms with van der Waals surface area (Å²) in [6.07, 6.45) is -0.359. The summed E-state index contributed by atoms with van der Waals surface area (Å²) < 4.78 is 4.61. The first-order valence-corrected chi connectivity index (χ1v) is 5.07. The number of hydrogen-bond donors (Lipinski definition) is 2. The van der Waals surface area contributed by atoms with Crippen molar-refractivity contribution in [1.82, 2.24) is 5.32 Å². The summed E-state index contributed by atoms with van der Waals surface area (Å²) in [5, 5.41) is 11.1. The third-order valence-electron chi connectivity index (χ3n) is 1.82. The number of esters is 1. The molecule has 0 saturated carbocycles. The molecule has 92 valence electrons. The predicted octanol–water partition coefficient (Wildman–Crippen LogP) is 0.165. The van der Waals surface area contributed by atoms with Gasteiger partial charge in [-0.1, -0.05) is 13.8 Å². The van der Waals surface area contributed by atoms with Crippen LogP contribution in [0.15, 0.2) is 0 Å². The number of carbonyl (C=O) groups is 3. The number of hydrogen-bond acceptors (Lipinski definition) is 4. The molecule has 0 unspecified atom stereocenters. The molecule has 0 saturated heterocycles. The lowest BCUT2D eigenvalue weighted by Gasteiger charge is -2.15. The zero-order valence-electron chi connectivity index (χ0n) is 9.65. The Kier molecular flexibility index (Phi) is 6.14. The zero-order valence-corrected chi connectivity index (χ0v) is 9.65. The SMILES string of the molecule is CCOC(=O)C[C@H](NC(=O)C(C)C)C(=O)O. The smallest absolute Gasteiger partial charge is 0.326 e. The molecule has 0 aromatic rings. The lowest BCUT2D eigenvalue weighted by molar-refractivity contribution is -0.150. The van der Waals surface area contributed by atoms with E-state index in [2.05, 4.69) is 10.1 Å². The second-order valence-electron chi connectivity index (χ2n) is 3.56. The average Bonchev–Trinajstić information content (AvgIpc) is 2.16. The molecule has 0 aliphatic heterocycles. The predicted molar refractivity (Wildman–Crippen MR) is 55.7 cm³/mol. The van der Waals surface area contributed by atoms with Gasteiger partial charge >= 0.3 is 11.9 Å². The van der Waals surface area contributed by atoms with Crippen LogP contribution in [0.4, 0.5) is 0 Å². The summed E-state index contributed by atoms with van der Waals surface area (Å²) in [6.45, 7) is 5.08. The van der Waals surface area contributed by atoms with Crippen molar-refractivity contribution in [2.75, 3.05) is 6.61 Å². The highest BCUT2D eigenvalue weighted by molar-refractivity contribution is 5.87. The molecule has 0 aliphatic rings. The molecule has 0 aromatic carbocycles. The first-order valence-electron chi connectivity index (χ1n) is 5.07. The largest absolute Gasteiger partial charge is 0.480 e. The van der Waals surface area contributed by atoms with Gasteiger partial charge in [0.2, 0.25) is 5.91 Å². The quantitative estimate of drug-likeness (QED) is 0.635. The molecule has 1 amide bonds. The van der Waals surface area contributed by atoms with Gasteiger partial charge < -0.3 is 15.2 Å². The maximum absolute atomic E-state index is 11.3. The Morgan fingerprint density at radius 2 is 1.88 bits per heavy atom. The molecular weight excluding hydrogens is 214 g/mol. The minimum absolute atomic E-state index is 0.184. The fraction of sp³-hybridized carbons (Fsp3) is 0.700. The van der Waals surface area contributed by atoms with Crippen LogP contribution in [-0.2, 0) is 19.1 Å². The van der Waals surface area contributed by atoms with Crippen LogP contribution in [0, 0.1) is 5.92 Å². The van der Waals surface area contributed by atoms with Gasteiger partial charge in [-0.05, 0) is 6.92 Å². The third-order valence-corrected chi connectivity index (χ3v) is 1.82. The number of ether oxygens (including phenoxy) is 1. The first kappa shape index (κ1) is 14.4. The van der Waals surface area contributed by atoms with E-state index in [1.807, 2.05) is 0 Å². The van der Waals surface area contributed by atoms with Crippen molar-refractivity contribution in [3.8, 4) is 0 Å². The molecule has 0 aliphatic carbocycles. The number of carboxylic acids is 1. The molecule has 0 rings (SSSR count). The second-order valence-corrected chi connectivity index (χ2v) is 3.56. The van der Waals surface area contributed by atoms with Crippen LogP contribution in [-0.4, -0.2) is 35.6 Å². The monoisotopic (exact) mass is 231 g/mol. The van der Waals surface area contributed by atoms with Crippen molar-refractivity contribution in [2.45, 2.75) is 33.2 Å². The highest BCUT2D eigenvalue weighted by Gasteiger charge is 2.24. The molecule has 0 radical (unpaired) electrons. The molecule has 0 fully saturated rings. The van der Waals surface area contributed by atoms with Crippen LogP contribution >= 0.6 is 0 Å². The molecule has 0 spiro atoms. The number of nitrogens with one attached hydrogen (secondary N) is 1. The van der Waals surface area contributed by atoms with E-state index in [0.29, 0.717) is 0 Å². The molecule has 2 N–H and O–H groups in total. The maximum Gasteiger partial charge on any atom is 0.326 e. The van der Waals surface area contributed by atoms with E-state index in [0.717, 1.165) is 0 Å². The first-order chi connectivity index (χ1) is 7.38. The molecule has 6 nitrogen and oxygen atoms in total. The van der Waals surface area contributed by atoms with Gasteiger partial charge in [-0.25, -0.2) is 4.79 Å². The molecular formula is C10H17NO5. The minimum Gasteiger partial charge on any atom is -0.480 e. The van der Waals surface area contributed by atoms with Gasteiger partial charge in [0.15, 0.2) is 0 Å². The van der Waals surface area contributed by atoms with Crippen molar-refractivity contribution in [1.29, 1.82) is 0 Å². The van der Waals surface area contributed by atoms with E-state index in [4.69, 9.17) is 5.11 Å². The molecule has 1 atom stereocenters. The van der Waals surface area contributed by atoms with E-state index in [9.17, 15) is 14.4 Å². The summed E-state index contributed by atoms with van der Waals surface area (Å²) in [6, 6.07) is -1.23. The van der Waals surface area contributed by atoms with Crippen LogP contribution < -0.4 is 5.32 Å². The molecule has 0 heterocycles. The van der Waals surface area contributed by atoms with Crippen molar-refractivity contribution in [3.63, 3.8) is 0 Å². The number of carboxylic acid groups (broad SMARTS) is 1. The molecule has 6 heteroatoms. The van der Waals surface area contributed by atoms with Crippen molar-refractivity contribution < 1.29 is 24.2 Å². The summed E-state index contributed by atoms with van der Waals surface area (Å²) >= 11 is 0. The highest BCUT2D eigenvalue weighted by Crippen LogP contribution is 1.99. The lowest BCUT2D eigenvalue weighted by Crippen LogP contribution is -2.44. The van der Waals surface area contributed by atoms with Gasteiger partial charge in [0.25, 0.3) is 0 Å². The van der Waals surface area contributed by atoms with Crippen LogP contribution in [0.2, 0.25) is 0 Å². The summed E-state index contributed by atoms with van der Waals surface area (Å²) in [5.41, 5.74) is 0. The topological polar surface area (TPSA) is 92.7 Å². The van der Waals surface area contributed by atoms with Crippen LogP contribution in [0.1, 0.15) is 27.2 Å². The van der Waals surface area contributed by atoms with Gasteiger partial charge in [0, 0.05) is 5.92 Å². The van der Waals surface area contributed by atoms with Crippen molar-refractivity contribution in [3.05, 3.63) is 0 Å². The molecule has 0 bridgehead atoms. The van der Waals surface area contributed by atoms with Gasteiger partial charge in [-0.2, -0.15) is 0 Å². The summed E-state index contributed by atoms with van der Waals surface area (Å²) in [7, 11) is 0. The van der Waals surface area contributed by atoms with Crippen LogP contribution in [0.25, 0.3) is 0 Å². The zero-order chi connectivity index (χ0) is 12.7. The van der Waals surface area contributed by atoms with Crippen LogP contribution in [0.3, 0.4) is 0 Å². The number of amides is 1. The van der Waals surface area contributed by atoms with E-state index >= 15 is 0 Å². The molecule has 16 heavy (non-hydrogen) atoms. The number of aliphatic carboxylic acids is 1. The minimum atomic E-state index is -1.25. The van der Waals surface area contributed by atoms with Crippen molar-refractivity contribution in [2.24, 2.45) is 5.92 Å². The van der Waals surface area contributed by atoms with Gasteiger partial charge in [-0.3, -0.25) is 9.59 Å². The maximum atomic E-state index is 11.3. The number of rotatable bonds is 6. The highest BCUT2D eigenvalue weighted by atomic mass is 16.5. The van der Waals surface area contributed by atoms with E-state index in [-0.39, 0.29) is 18.9 Å². The Hall–Kier alpha value is -1.59. The standard InChI is InChI=1S/C10H17NO5/c1-4-16-8(12)5-7(10(14)15)11-9(13)6(2)3/h6-7H,4-5H2,1-3H3,(H,11,13)(H,14,15)/t7-/m0/s1. The fourth-order valence-corrected chi connectivity index (χ4v) is 0.925. The number of carbonyl (C=O) groups excluding carboxylic acids is 2. The summed E-state index contributed by atoms with van der Waals surface area (Å²) in [4.78, 5) is 33.1. The molecule has 0 aromatic heterocycles. The second kappa shape index (κ2) is 6.81.